The fraction of sp³-hybridized carbons (Fsp3) is 0.438. The molecule has 0 spiro atoms. The lowest BCUT2D eigenvalue weighted by Gasteiger charge is -2.07. The molecule has 1 unspecified atom stereocenters. The van der Waals surface area contributed by atoms with E-state index in [4.69, 9.17) is 9.84 Å². The zero-order chi connectivity index (χ0) is 20.8. The summed E-state index contributed by atoms with van der Waals surface area (Å²) in [5.41, 5.74) is 0. The number of aryl methyl sites for hydroxylation is 1. The minimum Gasteiger partial charge on any atom is -0.492 e. The minimum absolute atomic E-state index is 0.107. The van der Waals surface area contributed by atoms with E-state index < -0.39 is 12.0 Å². The molecule has 0 saturated heterocycles. The van der Waals surface area contributed by atoms with Crippen molar-refractivity contribution in [1.82, 2.24) is 40.4 Å². The Bertz CT molecular complexity index is 979. The number of hydrogen-bond donors (Lipinski definition) is 1. The van der Waals surface area contributed by atoms with E-state index in [1.807, 2.05) is 0 Å². The zero-order valence-electron chi connectivity index (χ0n) is 15.4. The quantitative estimate of drug-likeness (QED) is 0.443. The van der Waals surface area contributed by atoms with Crippen LogP contribution in [0.1, 0.15) is 32.2 Å². The van der Waals surface area contributed by atoms with Crippen molar-refractivity contribution in [2.45, 2.75) is 38.8 Å². The standard InChI is InChI=1S/C16H18BrFN8O3/c1-2-12(16(27)28)26-22-15(20-24-26)14-19-23-25(21-14)7-3-4-8-29-13-9-10(18)5-6-11(13)17/h5-6,9,12H,2-4,7-8H2,1H3,(H,27,28). The van der Waals surface area contributed by atoms with Gasteiger partial charge in [0.15, 0.2) is 6.04 Å². The Morgan fingerprint density at radius 2 is 2.00 bits per heavy atom. The normalized spacial score (nSPS) is 12.1. The summed E-state index contributed by atoms with van der Waals surface area (Å²) < 4.78 is 19.5. The van der Waals surface area contributed by atoms with Gasteiger partial charge in [0, 0.05) is 6.07 Å². The maximum Gasteiger partial charge on any atom is 0.330 e. The molecule has 0 aliphatic heterocycles. The Kier molecular flexibility index (Phi) is 6.80. The van der Waals surface area contributed by atoms with Gasteiger partial charge < -0.3 is 9.84 Å². The Balaban J connectivity index is 1.49. The highest BCUT2D eigenvalue weighted by Gasteiger charge is 2.22. The Morgan fingerprint density at radius 3 is 2.76 bits per heavy atom. The van der Waals surface area contributed by atoms with Crippen LogP contribution in [0.2, 0.25) is 0 Å². The van der Waals surface area contributed by atoms with Crippen LogP contribution in [0, 0.1) is 5.82 Å². The number of nitrogens with zero attached hydrogens (tertiary/aromatic N) is 8. The minimum atomic E-state index is -1.04. The third-order valence-electron chi connectivity index (χ3n) is 3.93. The molecule has 0 radical (unpaired) electrons. The molecule has 11 nitrogen and oxygen atoms in total. The SMILES string of the molecule is CCC(C(=O)O)n1nnc(-c2nnn(CCCCOc3cc(F)ccc3Br)n2)n1. The fourth-order valence-electron chi connectivity index (χ4n) is 2.44. The van der Waals surface area contributed by atoms with Gasteiger partial charge in [0.2, 0.25) is 11.6 Å². The Labute approximate surface area is 173 Å². The lowest BCUT2D eigenvalue weighted by molar-refractivity contribution is -0.141. The molecule has 3 rings (SSSR count). The predicted molar refractivity (Wildman–Crippen MR) is 100 cm³/mol. The van der Waals surface area contributed by atoms with Crippen molar-refractivity contribution in [3.05, 3.63) is 28.5 Å². The monoisotopic (exact) mass is 468 g/mol. The third kappa shape index (κ3) is 5.31. The van der Waals surface area contributed by atoms with E-state index >= 15 is 0 Å². The van der Waals surface area contributed by atoms with Crippen molar-refractivity contribution in [2.24, 2.45) is 0 Å². The number of hydrogen-bond acceptors (Lipinski definition) is 8. The number of carbonyl (C=O) groups is 1. The molecule has 1 N–H and O–H groups in total. The average molecular weight is 469 g/mol. The van der Waals surface area contributed by atoms with Gasteiger partial charge in [-0.3, -0.25) is 0 Å². The molecule has 2 heterocycles. The molecule has 0 amide bonds. The van der Waals surface area contributed by atoms with Crippen LogP contribution >= 0.6 is 15.9 Å². The van der Waals surface area contributed by atoms with Crippen molar-refractivity contribution >= 4 is 21.9 Å². The lowest BCUT2D eigenvalue weighted by Crippen LogP contribution is -2.20. The number of tetrazole rings is 2. The van der Waals surface area contributed by atoms with Crippen molar-refractivity contribution in [3.63, 3.8) is 0 Å². The van der Waals surface area contributed by atoms with Gasteiger partial charge in [0.25, 0.3) is 0 Å². The number of aromatic nitrogens is 8. The van der Waals surface area contributed by atoms with E-state index in [-0.39, 0.29) is 17.5 Å². The second-order valence-electron chi connectivity index (χ2n) is 6.03. The van der Waals surface area contributed by atoms with Crippen molar-refractivity contribution in [3.8, 4) is 17.4 Å². The summed E-state index contributed by atoms with van der Waals surface area (Å²) in [4.78, 5) is 13.6. The van der Waals surface area contributed by atoms with E-state index in [9.17, 15) is 9.18 Å². The van der Waals surface area contributed by atoms with Crippen molar-refractivity contribution in [1.29, 1.82) is 0 Å². The molecule has 154 valence electrons. The van der Waals surface area contributed by atoms with Crippen LogP contribution in [-0.4, -0.2) is 58.1 Å². The summed E-state index contributed by atoms with van der Waals surface area (Å²) in [5.74, 6) is -0.680. The van der Waals surface area contributed by atoms with E-state index in [0.29, 0.717) is 42.6 Å². The van der Waals surface area contributed by atoms with Crippen molar-refractivity contribution < 1.29 is 19.0 Å². The summed E-state index contributed by atoms with van der Waals surface area (Å²) in [6, 6.07) is 3.37. The topological polar surface area (TPSA) is 134 Å². The maximum atomic E-state index is 13.2. The molecule has 1 atom stereocenters. The number of carboxylic acids is 1. The van der Waals surface area contributed by atoms with E-state index in [0.717, 1.165) is 4.80 Å². The highest BCUT2D eigenvalue weighted by molar-refractivity contribution is 9.10. The summed E-state index contributed by atoms with van der Waals surface area (Å²) in [7, 11) is 0. The van der Waals surface area contributed by atoms with E-state index in [2.05, 4.69) is 46.8 Å². The van der Waals surface area contributed by atoms with Gasteiger partial charge in [-0.05, 0) is 57.8 Å². The molecule has 13 heteroatoms. The molecule has 0 bridgehead atoms. The second kappa shape index (κ2) is 9.49. The van der Waals surface area contributed by atoms with Crippen LogP contribution in [0.5, 0.6) is 5.75 Å². The number of benzene rings is 1. The molecule has 0 fully saturated rings. The first-order valence-corrected chi connectivity index (χ1v) is 9.65. The summed E-state index contributed by atoms with van der Waals surface area (Å²) >= 11 is 3.31. The molecule has 0 saturated carbocycles. The largest absolute Gasteiger partial charge is 0.492 e. The first-order valence-electron chi connectivity index (χ1n) is 8.86. The molecule has 1 aromatic carbocycles. The van der Waals surface area contributed by atoms with Crippen LogP contribution in [0.4, 0.5) is 4.39 Å². The summed E-state index contributed by atoms with van der Waals surface area (Å²) in [6.07, 6.45) is 1.73. The third-order valence-corrected chi connectivity index (χ3v) is 4.59. The molecular formula is C16H18BrFN8O3. The van der Waals surface area contributed by atoms with Crippen LogP contribution in [0.25, 0.3) is 11.6 Å². The van der Waals surface area contributed by atoms with Crippen LogP contribution in [0.3, 0.4) is 0 Å². The van der Waals surface area contributed by atoms with E-state index in [1.165, 1.54) is 16.9 Å². The van der Waals surface area contributed by atoms with Gasteiger partial charge in [-0.2, -0.15) is 4.80 Å². The predicted octanol–water partition coefficient (Wildman–Crippen LogP) is 2.12. The molecule has 2 aromatic heterocycles. The molecule has 3 aromatic rings. The lowest BCUT2D eigenvalue weighted by atomic mass is 10.2. The van der Waals surface area contributed by atoms with E-state index in [1.54, 1.807) is 13.0 Å². The van der Waals surface area contributed by atoms with Gasteiger partial charge in [0.1, 0.15) is 11.6 Å². The van der Waals surface area contributed by atoms with Gasteiger partial charge in [0.05, 0.1) is 17.6 Å². The number of unbranched alkanes of at least 4 members (excludes halogenated alkanes) is 1. The first-order chi connectivity index (χ1) is 14.0. The highest BCUT2D eigenvalue weighted by Crippen LogP contribution is 2.25. The van der Waals surface area contributed by atoms with Gasteiger partial charge in [-0.1, -0.05) is 6.92 Å². The average Bonchev–Trinajstić information content (AvgIpc) is 3.34. The number of aliphatic carboxylic acids is 1. The molecule has 0 aliphatic rings. The fourth-order valence-corrected chi connectivity index (χ4v) is 2.80. The second-order valence-corrected chi connectivity index (χ2v) is 6.89. The first kappa shape index (κ1) is 20.8. The number of rotatable bonds is 10. The van der Waals surface area contributed by atoms with Crippen LogP contribution < -0.4 is 4.74 Å². The van der Waals surface area contributed by atoms with Gasteiger partial charge in [-0.25, -0.2) is 9.18 Å². The number of carboxylic acid groups (broad SMARTS) is 1. The van der Waals surface area contributed by atoms with Crippen LogP contribution in [-0.2, 0) is 11.3 Å². The van der Waals surface area contributed by atoms with Gasteiger partial charge in [-0.15, -0.1) is 25.2 Å². The maximum absolute atomic E-state index is 13.2. The highest BCUT2D eigenvalue weighted by atomic mass is 79.9. The van der Waals surface area contributed by atoms with Gasteiger partial charge >= 0.3 is 5.97 Å². The Hall–Kier alpha value is -2.96. The summed E-state index contributed by atoms with van der Waals surface area (Å²) in [5, 5.41) is 32.7. The molecule has 0 aliphatic carbocycles. The number of ether oxygens (including phenoxy) is 1. The zero-order valence-corrected chi connectivity index (χ0v) is 17.0. The van der Waals surface area contributed by atoms with Crippen molar-refractivity contribution in [2.75, 3.05) is 6.61 Å². The number of halogens is 2. The molecule has 29 heavy (non-hydrogen) atoms. The Morgan fingerprint density at radius 1 is 1.24 bits per heavy atom. The molecular weight excluding hydrogens is 451 g/mol. The smallest absolute Gasteiger partial charge is 0.330 e. The summed E-state index contributed by atoms with van der Waals surface area (Å²) in [6.45, 7) is 2.61. The van der Waals surface area contributed by atoms with Crippen LogP contribution in [0.15, 0.2) is 22.7 Å².